The lowest BCUT2D eigenvalue weighted by Crippen LogP contribution is -2.23. The first-order chi connectivity index (χ1) is 13.9. The van der Waals surface area contributed by atoms with Gasteiger partial charge in [-0.3, -0.25) is 0 Å². The molecule has 0 spiro atoms. The molecule has 3 aromatic carbocycles. The van der Waals surface area contributed by atoms with Gasteiger partial charge in [0.1, 0.15) is 0 Å². The highest BCUT2D eigenvalue weighted by molar-refractivity contribution is 7.89. The van der Waals surface area contributed by atoms with E-state index in [1.165, 1.54) is 18.2 Å². The van der Waals surface area contributed by atoms with Crippen molar-refractivity contribution in [1.29, 1.82) is 0 Å². The minimum atomic E-state index is -3.85. The summed E-state index contributed by atoms with van der Waals surface area (Å²) in [6, 6.07) is 22.6. The summed E-state index contributed by atoms with van der Waals surface area (Å²) in [7, 11) is -3.85. The van der Waals surface area contributed by atoms with Gasteiger partial charge in [0.15, 0.2) is 0 Å². The molecule has 29 heavy (non-hydrogen) atoms. The summed E-state index contributed by atoms with van der Waals surface area (Å²) >= 11 is 0. The molecular formula is C22H22N2O4S. The molecule has 150 valence electrons. The lowest BCUT2D eigenvalue weighted by Gasteiger charge is -2.18. The Balaban J connectivity index is 1.82. The first kappa shape index (κ1) is 20.6. The highest BCUT2D eigenvalue weighted by atomic mass is 32.2. The van der Waals surface area contributed by atoms with Crippen molar-refractivity contribution in [3.63, 3.8) is 0 Å². The lowest BCUT2D eigenvalue weighted by molar-refractivity contribution is 0.0697. The molecule has 0 fully saturated rings. The Bertz CT molecular complexity index is 1080. The molecule has 6 nitrogen and oxygen atoms in total. The Morgan fingerprint density at radius 3 is 2.21 bits per heavy atom. The summed E-state index contributed by atoms with van der Waals surface area (Å²) in [5.74, 6) is -1.20. The van der Waals surface area contributed by atoms with Crippen LogP contribution in [0.15, 0.2) is 83.8 Å². The average molecular weight is 410 g/mol. The Hall–Kier alpha value is -3.16. The first-order valence-corrected chi connectivity index (χ1v) is 10.6. The van der Waals surface area contributed by atoms with Crippen LogP contribution in [-0.4, -0.2) is 19.5 Å². The fraction of sp³-hybridized carbons (Fsp3) is 0.136. The van der Waals surface area contributed by atoms with Crippen LogP contribution in [0.3, 0.4) is 0 Å². The normalized spacial score (nSPS) is 12.3. The third-order valence-electron chi connectivity index (χ3n) is 4.51. The van der Waals surface area contributed by atoms with Crippen LogP contribution in [0.5, 0.6) is 0 Å². The van der Waals surface area contributed by atoms with Gasteiger partial charge in [0.05, 0.1) is 10.5 Å². The van der Waals surface area contributed by atoms with Crippen molar-refractivity contribution in [2.75, 3.05) is 5.32 Å². The minimum absolute atomic E-state index is 0.0938. The number of carboxylic acid groups (broad SMARTS) is 1. The van der Waals surface area contributed by atoms with Gasteiger partial charge in [-0.15, -0.1) is 0 Å². The maximum absolute atomic E-state index is 12.6. The van der Waals surface area contributed by atoms with Crippen LogP contribution in [0.4, 0.5) is 5.69 Å². The van der Waals surface area contributed by atoms with Gasteiger partial charge in [0.2, 0.25) is 10.0 Å². The SMILES string of the molecule is C[C@H](Nc1ccc(S(=O)(=O)NCc2ccccc2)cc1C(=O)O)c1ccccc1. The predicted octanol–water partition coefficient (Wildman–Crippen LogP) is 4.04. The monoisotopic (exact) mass is 410 g/mol. The molecule has 0 aliphatic rings. The fourth-order valence-electron chi connectivity index (χ4n) is 2.91. The second-order valence-electron chi connectivity index (χ2n) is 6.60. The predicted molar refractivity (Wildman–Crippen MR) is 112 cm³/mol. The van der Waals surface area contributed by atoms with E-state index in [0.717, 1.165) is 11.1 Å². The van der Waals surface area contributed by atoms with Crippen molar-refractivity contribution in [2.45, 2.75) is 24.4 Å². The van der Waals surface area contributed by atoms with Gasteiger partial charge in [0, 0.05) is 18.3 Å². The smallest absolute Gasteiger partial charge is 0.337 e. The third kappa shape index (κ3) is 5.22. The number of benzene rings is 3. The number of hydrogen-bond acceptors (Lipinski definition) is 4. The number of carboxylic acids is 1. The number of nitrogens with one attached hydrogen (secondary N) is 2. The Morgan fingerprint density at radius 2 is 1.59 bits per heavy atom. The molecule has 0 saturated carbocycles. The summed E-state index contributed by atoms with van der Waals surface area (Å²) < 4.78 is 27.7. The van der Waals surface area contributed by atoms with E-state index in [4.69, 9.17) is 0 Å². The number of sulfonamides is 1. The van der Waals surface area contributed by atoms with E-state index in [0.29, 0.717) is 5.69 Å². The Morgan fingerprint density at radius 1 is 0.966 bits per heavy atom. The summed E-state index contributed by atoms with van der Waals surface area (Å²) in [6.45, 7) is 2.03. The Labute approximate surface area is 170 Å². The van der Waals surface area contributed by atoms with E-state index >= 15 is 0 Å². The molecule has 3 rings (SSSR count). The second kappa shape index (κ2) is 8.89. The summed E-state index contributed by atoms with van der Waals surface area (Å²) in [4.78, 5) is 11.6. The average Bonchev–Trinajstić information content (AvgIpc) is 2.73. The van der Waals surface area contributed by atoms with Gasteiger partial charge in [-0.25, -0.2) is 17.9 Å². The number of aromatic carboxylic acids is 1. The molecule has 3 aromatic rings. The van der Waals surface area contributed by atoms with Crippen molar-refractivity contribution in [1.82, 2.24) is 4.72 Å². The molecule has 0 aliphatic heterocycles. The van der Waals surface area contributed by atoms with Crippen LogP contribution in [0.2, 0.25) is 0 Å². The van der Waals surface area contributed by atoms with E-state index in [1.807, 2.05) is 67.6 Å². The minimum Gasteiger partial charge on any atom is -0.478 e. The fourth-order valence-corrected chi connectivity index (χ4v) is 3.95. The van der Waals surface area contributed by atoms with Crippen LogP contribution in [0.1, 0.15) is 34.5 Å². The standard InChI is InChI=1S/C22H22N2O4S/c1-16(18-10-6-3-7-11-18)24-21-13-12-19(14-20(21)22(25)26)29(27,28)23-15-17-8-4-2-5-9-17/h2-14,16,23-24H,15H2,1H3,(H,25,26)/t16-/m0/s1. The molecule has 1 atom stereocenters. The van der Waals surface area contributed by atoms with Crippen molar-refractivity contribution >= 4 is 21.7 Å². The number of carbonyl (C=O) groups is 1. The third-order valence-corrected chi connectivity index (χ3v) is 5.91. The lowest BCUT2D eigenvalue weighted by atomic mass is 10.1. The highest BCUT2D eigenvalue weighted by Gasteiger charge is 2.20. The van der Waals surface area contributed by atoms with Crippen LogP contribution in [0, 0.1) is 0 Å². The van der Waals surface area contributed by atoms with E-state index < -0.39 is 16.0 Å². The molecule has 0 unspecified atom stereocenters. The maximum Gasteiger partial charge on any atom is 0.337 e. The zero-order chi connectivity index (χ0) is 20.9. The molecule has 0 aliphatic carbocycles. The molecule has 0 heterocycles. The number of anilines is 1. The van der Waals surface area contributed by atoms with E-state index in [-0.39, 0.29) is 23.0 Å². The first-order valence-electron chi connectivity index (χ1n) is 9.09. The molecule has 0 bridgehead atoms. The van der Waals surface area contributed by atoms with Gasteiger partial charge >= 0.3 is 5.97 Å². The van der Waals surface area contributed by atoms with Crippen molar-refractivity contribution < 1.29 is 18.3 Å². The quantitative estimate of drug-likeness (QED) is 0.521. The van der Waals surface area contributed by atoms with Crippen LogP contribution >= 0.6 is 0 Å². The summed E-state index contributed by atoms with van der Waals surface area (Å²) in [5, 5.41) is 12.7. The Kier molecular flexibility index (Phi) is 6.31. The van der Waals surface area contributed by atoms with E-state index in [2.05, 4.69) is 10.0 Å². The maximum atomic E-state index is 12.6. The van der Waals surface area contributed by atoms with Gasteiger partial charge in [-0.2, -0.15) is 0 Å². The highest BCUT2D eigenvalue weighted by Crippen LogP contribution is 2.25. The molecule has 0 saturated heterocycles. The van der Waals surface area contributed by atoms with Gasteiger partial charge in [-0.1, -0.05) is 60.7 Å². The van der Waals surface area contributed by atoms with Gasteiger partial charge in [-0.05, 0) is 36.2 Å². The number of rotatable bonds is 8. The van der Waals surface area contributed by atoms with Gasteiger partial charge < -0.3 is 10.4 Å². The molecular weight excluding hydrogens is 388 g/mol. The molecule has 0 amide bonds. The van der Waals surface area contributed by atoms with Crippen molar-refractivity contribution in [3.05, 3.63) is 95.6 Å². The van der Waals surface area contributed by atoms with E-state index in [9.17, 15) is 18.3 Å². The van der Waals surface area contributed by atoms with Crippen LogP contribution < -0.4 is 10.0 Å². The van der Waals surface area contributed by atoms with Gasteiger partial charge in [0.25, 0.3) is 0 Å². The summed E-state index contributed by atoms with van der Waals surface area (Å²) in [5.41, 5.74) is 2.06. The van der Waals surface area contributed by atoms with E-state index in [1.54, 1.807) is 0 Å². The topological polar surface area (TPSA) is 95.5 Å². The van der Waals surface area contributed by atoms with Crippen LogP contribution in [-0.2, 0) is 16.6 Å². The largest absolute Gasteiger partial charge is 0.478 e. The number of hydrogen-bond donors (Lipinski definition) is 3. The molecule has 0 radical (unpaired) electrons. The van der Waals surface area contributed by atoms with Crippen LogP contribution in [0.25, 0.3) is 0 Å². The zero-order valence-electron chi connectivity index (χ0n) is 15.9. The second-order valence-corrected chi connectivity index (χ2v) is 8.37. The van der Waals surface area contributed by atoms with Crippen molar-refractivity contribution in [2.24, 2.45) is 0 Å². The van der Waals surface area contributed by atoms with Crippen molar-refractivity contribution in [3.8, 4) is 0 Å². The molecule has 0 aromatic heterocycles. The zero-order valence-corrected chi connectivity index (χ0v) is 16.7. The molecule has 3 N–H and O–H groups in total. The molecule has 7 heteroatoms. The summed E-state index contributed by atoms with van der Waals surface area (Å²) in [6.07, 6.45) is 0.